The van der Waals surface area contributed by atoms with Crippen molar-refractivity contribution in [2.75, 3.05) is 13.2 Å². The lowest BCUT2D eigenvalue weighted by Crippen LogP contribution is -2.26. The Morgan fingerprint density at radius 2 is 2.35 bits per heavy atom. The van der Waals surface area contributed by atoms with E-state index in [-0.39, 0.29) is 12.7 Å². The van der Waals surface area contributed by atoms with Gasteiger partial charge in [-0.3, -0.25) is 0 Å². The number of rotatable bonds is 4. The second-order valence-electron chi connectivity index (χ2n) is 4.12. The van der Waals surface area contributed by atoms with E-state index in [0.29, 0.717) is 6.61 Å². The number of carboxylic acid groups (broad SMARTS) is 1. The van der Waals surface area contributed by atoms with Crippen molar-refractivity contribution in [3.63, 3.8) is 0 Å². The molecule has 0 saturated heterocycles. The van der Waals surface area contributed by atoms with Crippen LogP contribution in [0.25, 0.3) is 0 Å². The number of carboxylic acids is 1. The molecule has 17 heavy (non-hydrogen) atoms. The lowest BCUT2D eigenvalue weighted by molar-refractivity contribution is -0.152. The van der Waals surface area contributed by atoms with Crippen molar-refractivity contribution < 1.29 is 19.4 Å². The maximum Gasteiger partial charge on any atom is 0.332 e. The van der Waals surface area contributed by atoms with E-state index in [4.69, 9.17) is 14.6 Å². The van der Waals surface area contributed by atoms with Crippen LogP contribution in [0.2, 0.25) is 0 Å². The largest absolute Gasteiger partial charge is 0.479 e. The normalized spacial score (nSPS) is 20.6. The molecule has 2 atom stereocenters. The summed E-state index contributed by atoms with van der Waals surface area (Å²) in [6, 6.07) is 8.04. The monoisotopic (exact) mass is 236 g/mol. The molecule has 0 fully saturated rings. The molecule has 1 aromatic carbocycles. The summed E-state index contributed by atoms with van der Waals surface area (Å²) >= 11 is 0. The maximum absolute atomic E-state index is 10.7. The van der Waals surface area contributed by atoms with Gasteiger partial charge in [-0.15, -0.1) is 0 Å². The van der Waals surface area contributed by atoms with E-state index in [0.717, 1.165) is 12.0 Å². The molecule has 1 aromatic rings. The second-order valence-corrected chi connectivity index (χ2v) is 4.12. The summed E-state index contributed by atoms with van der Waals surface area (Å²) in [6.07, 6.45) is -0.0457. The molecule has 0 spiro atoms. The molecular weight excluding hydrogens is 220 g/mol. The van der Waals surface area contributed by atoms with Gasteiger partial charge in [0.2, 0.25) is 0 Å². The molecule has 4 heteroatoms. The number of hydrogen-bond donors (Lipinski definition) is 1. The maximum atomic E-state index is 10.7. The number of fused-ring (bicyclic) bond motifs is 1. The highest BCUT2D eigenvalue weighted by molar-refractivity contribution is 5.71. The average molecular weight is 236 g/mol. The van der Waals surface area contributed by atoms with Crippen molar-refractivity contribution in [1.29, 1.82) is 0 Å². The number of ether oxygens (including phenoxy) is 2. The summed E-state index contributed by atoms with van der Waals surface area (Å²) < 4.78 is 10.9. The molecule has 1 heterocycles. The summed E-state index contributed by atoms with van der Waals surface area (Å²) in [7, 11) is 0. The van der Waals surface area contributed by atoms with Crippen molar-refractivity contribution in [2.45, 2.75) is 25.6 Å². The topological polar surface area (TPSA) is 55.8 Å². The quantitative estimate of drug-likeness (QED) is 0.866. The Morgan fingerprint density at radius 3 is 3.12 bits per heavy atom. The molecule has 2 rings (SSSR count). The fourth-order valence-corrected chi connectivity index (χ4v) is 1.92. The molecule has 1 N–H and O–H groups in total. The number of aliphatic carboxylic acids is 1. The van der Waals surface area contributed by atoms with Gasteiger partial charge < -0.3 is 14.6 Å². The lowest BCUT2D eigenvalue weighted by atomic mass is 9.98. The van der Waals surface area contributed by atoms with Crippen molar-refractivity contribution in [2.24, 2.45) is 0 Å². The summed E-state index contributed by atoms with van der Waals surface area (Å²) in [6.45, 7) is 2.47. The third-order valence-corrected chi connectivity index (χ3v) is 2.94. The third-order valence-electron chi connectivity index (χ3n) is 2.94. The molecule has 1 aliphatic rings. The van der Waals surface area contributed by atoms with Gasteiger partial charge >= 0.3 is 5.97 Å². The fourth-order valence-electron chi connectivity index (χ4n) is 1.92. The van der Waals surface area contributed by atoms with Crippen LogP contribution in [-0.4, -0.2) is 30.4 Å². The van der Waals surface area contributed by atoms with E-state index in [1.807, 2.05) is 18.2 Å². The molecule has 0 aromatic heterocycles. The van der Waals surface area contributed by atoms with Gasteiger partial charge in [-0.2, -0.15) is 0 Å². The van der Waals surface area contributed by atoms with Crippen LogP contribution >= 0.6 is 0 Å². The van der Waals surface area contributed by atoms with E-state index in [2.05, 4.69) is 6.07 Å². The van der Waals surface area contributed by atoms with Crippen LogP contribution in [-0.2, 0) is 20.7 Å². The molecule has 92 valence electrons. The minimum Gasteiger partial charge on any atom is -0.479 e. The Labute approximate surface area is 100 Å². The zero-order chi connectivity index (χ0) is 12.3. The standard InChI is InChI=1S/C13H16O4/c1-9(13(14)15)17-8-12-11-5-3-2-4-10(11)6-7-16-12/h2-5,9,12H,6-8H2,1H3,(H,14,15)/t9-,12?/m0/s1. The zero-order valence-electron chi connectivity index (χ0n) is 9.76. The van der Waals surface area contributed by atoms with Gasteiger partial charge in [0.15, 0.2) is 6.10 Å². The molecule has 0 saturated carbocycles. The van der Waals surface area contributed by atoms with E-state index in [1.54, 1.807) is 0 Å². The highest BCUT2D eigenvalue weighted by Gasteiger charge is 2.22. The smallest absolute Gasteiger partial charge is 0.332 e. The molecule has 0 radical (unpaired) electrons. The average Bonchev–Trinajstić information content (AvgIpc) is 2.35. The first-order valence-corrected chi connectivity index (χ1v) is 5.72. The van der Waals surface area contributed by atoms with Gasteiger partial charge in [0, 0.05) is 0 Å². The van der Waals surface area contributed by atoms with Crippen molar-refractivity contribution >= 4 is 5.97 Å². The van der Waals surface area contributed by atoms with Gasteiger partial charge in [-0.25, -0.2) is 4.79 Å². The van der Waals surface area contributed by atoms with Gasteiger partial charge in [0.05, 0.1) is 13.2 Å². The first-order chi connectivity index (χ1) is 8.18. The minimum atomic E-state index is -0.950. The molecule has 1 unspecified atom stereocenters. The Morgan fingerprint density at radius 1 is 1.59 bits per heavy atom. The van der Waals surface area contributed by atoms with Gasteiger partial charge in [0.1, 0.15) is 6.10 Å². The van der Waals surface area contributed by atoms with Gasteiger partial charge in [-0.05, 0) is 24.5 Å². The Balaban J connectivity index is 2.01. The SMILES string of the molecule is C[C@H](OCC1OCCc2ccccc21)C(=O)O. The van der Waals surface area contributed by atoms with E-state index in [1.165, 1.54) is 12.5 Å². The van der Waals surface area contributed by atoms with E-state index < -0.39 is 12.1 Å². The number of hydrogen-bond acceptors (Lipinski definition) is 3. The van der Waals surface area contributed by atoms with Crippen molar-refractivity contribution in [3.05, 3.63) is 35.4 Å². The molecule has 0 bridgehead atoms. The third kappa shape index (κ3) is 2.84. The fraction of sp³-hybridized carbons (Fsp3) is 0.462. The van der Waals surface area contributed by atoms with Crippen LogP contribution in [0, 0.1) is 0 Å². The zero-order valence-corrected chi connectivity index (χ0v) is 9.76. The summed E-state index contributed by atoms with van der Waals surface area (Å²) in [4.78, 5) is 10.7. The Kier molecular flexibility index (Phi) is 3.76. The summed E-state index contributed by atoms with van der Waals surface area (Å²) in [5.41, 5.74) is 2.37. The molecule has 0 amide bonds. The van der Waals surface area contributed by atoms with Crippen molar-refractivity contribution in [3.8, 4) is 0 Å². The van der Waals surface area contributed by atoms with Crippen LogP contribution < -0.4 is 0 Å². The van der Waals surface area contributed by atoms with E-state index in [9.17, 15) is 4.79 Å². The highest BCUT2D eigenvalue weighted by atomic mass is 16.5. The Bertz CT molecular complexity index is 402. The second kappa shape index (κ2) is 5.29. The highest BCUT2D eigenvalue weighted by Crippen LogP contribution is 2.27. The van der Waals surface area contributed by atoms with Gasteiger partial charge in [0.25, 0.3) is 0 Å². The van der Waals surface area contributed by atoms with Gasteiger partial charge in [-0.1, -0.05) is 24.3 Å². The predicted octanol–water partition coefficient (Wildman–Crippen LogP) is 1.79. The molecular formula is C13H16O4. The van der Waals surface area contributed by atoms with E-state index >= 15 is 0 Å². The molecule has 1 aliphatic heterocycles. The number of carbonyl (C=O) groups is 1. The van der Waals surface area contributed by atoms with Crippen LogP contribution in [0.1, 0.15) is 24.2 Å². The van der Waals surface area contributed by atoms with Crippen molar-refractivity contribution in [1.82, 2.24) is 0 Å². The van der Waals surface area contributed by atoms with Crippen LogP contribution in [0.5, 0.6) is 0 Å². The Hall–Kier alpha value is -1.39. The minimum absolute atomic E-state index is 0.151. The van der Waals surface area contributed by atoms with Crippen LogP contribution in [0.4, 0.5) is 0 Å². The number of benzene rings is 1. The molecule has 4 nitrogen and oxygen atoms in total. The first kappa shape index (κ1) is 12.1. The molecule has 0 aliphatic carbocycles. The lowest BCUT2D eigenvalue weighted by Gasteiger charge is -2.26. The van der Waals surface area contributed by atoms with Crippen LogP contribution in [0.3, 0.4) is 0 Å². The summed E-state index contributed by atoms with van der Waals surface area (Å²) in [5, 5.41) is 8.74. The summed E-state index contributed by atoms with van der Waals surface area (Å²) in [5.74, 6) is -0.950. The predicted molar refractivity (Wildman–Crippen MR) is 61.9 cm³/mol. The van der Waals surface area contributed by atoms with Crippen LogP contribution in [0.15, 0.2) is 24.3 Å². The first-order valence-electron chi connectivity index (χ1n) is 5.72.